The minimum atomic E-state index is -0.857. The molecule has 2 saturated heterocycles. The SMILES string of the molecule is CCCC(C)N1CC=C[C@]23S[C@H]4C=CCN(Cc5ccccc5)C(=O)[C@H]4[C@H]2C(=O)N([C@@H](CO)CC(C)C)C3C1=O. The number of thioether (sulfide) groups is 1. The fourth-order valence-corrected chi connectivity index (χ4v) is 9.27. The summed E-state index contributed by atoms with van der Waals surface area (Å²) in [5, 5.41) is 10.3. The van der Waals surface area contributed by atoms with Gasteiger partial charge in [0.15, 0.2) is 0 Å². The predicted molar refractivity (Wildman–Crippen MR) is 158 cm³/mol. The van der Waals surface area contributed by atoms with Gasteiger partial charge in [0.1, 0.15) is 6.04 Å². The molecule has 216 valence electrons. The zero-order chi connectivity index (χ0) is 28.6. The Morgan fingerprint density at radius 1 is 1.02 bits per heavy atom. The first-order valence-corrected chi connectivity index (χ1v) is 15.7. The average Bonchev–Trinajstić information content (AvgIpc) is 3.25. The van der Waals surface area contributed by atoms with Gasteiger partial charge < -0.3 is 19.8 Å². The molecule has 0 saturated carbocycles. The van der Waals surface area contributed by atoms with Crippen LogP contribution in [0.5, 0.6) is 0 Å². The van der Waals surface area contributed by atoms with E-state index < -0.39 is 28.7 Å². The molecule has 1 aromatic carbocycles. The van der Waals surface area contributed by atoms with Crippen LogP contribution in [0.2, 0.25) is 0 Å². The molecule has 4 aliphatic heterocycles. The Morgan fingerprint density at radius 3 is 2.45 bits per heavy atom. The minimum Gasteiger partial charge on any atom is -0.394 e. The number of hydrogen-bond acceptors (Lipinski definition) is 5. The van der Waals surface area contributed by atoms with E-state index >= 15 is 0 Å². The summed E-state index contributed by atoms with van der Waals surface area (Å²) in [7, 11) is 0. The second kappa shape index (κ2) is 11.7. The molecule has 8 heteroatoms. The van der Waals surface area contributed by atoms with Gasteiger partial charge in [-0.25, -0.2) is 0 Å². The smallest absolute Gasteiger partial charge is 0.247 e. The monoisotopic (exact) mass is 565 g/mol. The van der Waals surface area contributed by atoms with E-state index in [1.54, 1.807) is 16.7 Å². The maximum absolute atomic E-state index is 14.6. The van der Waals surface area contributed by atoms with E-state index in [1.165, 1.54) is 0 Å². The Hall–Kier alpha value is -2.58. The summed E-state index contributed by atoms with van der Waals surface area (Å²) in [6.45, 7) is 9.56. The van der Waals surface area contributed by atoms with E-state index in [4.69, 9.17) is 0 Å². The highest BCUT2D eigenvalue weighted by molar-refractivity contribution is 8.02. The van der Waals surface area contributed by atoms with Crippen LogP contribution in [0.15, 0.2) is 54.6 Å². The molecule has 40 heavy (non-hydrogen) atoms. The van der Waals surface area contributed by atoms with Gasteiger partial charge in [-0.3, -0.25) is 14.4 Å². The summed E-state index contributed by atoms with van der Waals surface area (Å²) >= 11 is 1.61. The number of carbonyl (C=O) groups excluding carboxylic acids is 3. The van der Waals surface area contributed by atoms with Crippen molar-refractivity contribution >= 4 is 29.5 Å². The second-order valence-corrected chi connectivity index (χ2v) is 13.7. The van der Waals surface area contributed by atoms with Crippen molar-refractivity contribution in [3.8, 4) is 0 Å². The number of amides is 3. The first-order chi connectivity index (χ1) is 19.2. The van der Waals surface area contributed by atoms with E-state index in [-0.39, 0.29) is 41.5 Å². The second-order valence-electron chi connectivity index (χ2n) is 12.2. The van der Waals surface area contributed by atoms with Gasteiger partial charge in [0.25, 0.3) is 0 Å². The molecule has 7 nitrogen and oxygen atoms in total. The third kappa shape index (κ3) is 4.91. The number of likely N-dealkylation sites (tertiary alicyclic amines) is 1. The maximum Gasteiger partial charge on any atom is 0.247 e. The van der Waals surface area contributed by atoms with Gasteiger partial charge in [0.2, 0.25) is 17.7 Å². The molecule has 5 rings (SSSR count). The first-order valence-electron chi connectivity index (χ1n) is 14.8. The summed E-state index contributed by atoms with van der Waals surface area (Å²) in [4.78, 5) is 48.8. The fourth-order valence-electron chi connectivity index (χ4n) is 7.28. The van der Waals surface area contributed by atoms with Crippen LogP contribution in [0.25, 0.3) is 0 Å². The molecule has 4 aliphatic rings. The van der Waals surface area contributed by atoms with E-state index in [0.717, 1.165) is 18.4 Å². The van der Waals surface area contributed by atoms with Crippen LogP contribution in [0.3, 0.4) is 0 Å². The van der Waals surface area contributed by atoms with Crippen LogP contribution in [0.1, 0.15) is 52.5 Å². The summed E-state index contributed by atoms with van der Waals surface area (Å²) < 4.78 is -0.857. The average molecular weight is 566 g/mol. The molecule has 1 spiro atoms. The van der Waals surface area contributed by atoms with Crippen LogP contribution in [0.4, 0.5) is 0 Å². The highest BCUT2D eigenvalue weighted by Crippen LogP contribution is 2.61. The van der Waals surface area contributed by atoms with Crippen molar-refractivity contribution < 1.29 is 19.5 Å². The number of hydrogen-bond donors (Lipinski definition) is 1. The Balaban J connectivity index is 1.57. The molecule has 0 aliphatic carbocycles. The largest absolute Gasteiger partial charge is 0.394 e. The van der Waals surface area contributed by atoms with E-state index in [0.29, 0.717) is 26.1 Å². The molecular weight excluding hydrogens is 522 g/mol. The lowest BCUT2D eigenvalue weighted by Gasteiger charge is -2.40. The Kier molecular flexibility index (Phi) is 8.48. The standard InChI is InChI=1S/C32H43N3O4S/c1-5-11-22(4)34-17-10-15-32-27(30(38)35(28(32)31(34)39)24(20-36)18-21(2)3)26-25(40-32)14-9-16-33(29(26)37)19-23-12-7-6-8-13-23/h6-10,12-15,21-22,24-28,36H,5,11,16-20H2,1-4H3/t22?,24-,25+,26-,27+,28?,32+/m1/s1. The van der Waals surface area contributed by atoms with E-state index in [1.807, 2.05) is 52.3 Å². The summed E-state index contributed by atoms with van der Waals surface area (Å²) in [6.07, 6.45) is 10.7. The van der Waals surface area contributed by atoms with Crippen molar-refractivity contribution in [3.05, 3.63) is 60.2 Å². The summed E-state index contributed by atoms with van der Waals surface area (Å²) in [5.41, 5.74) is 1.04. The summed E-state index contributed by atoms with van der Waals surface area (Å²) in [5.74, 6) is -1.27. The van der Waals surface area contributed by atoms with Crippen molar-refractivity contribution in [2.75, 3.05) is 19.7 Å². The highest BCUT2D eigenvalue weighted by atomic mass is 32.2. The van der Waals surface area contributed by atoms with Crippen molar-refractivity contribution in [3.63, 3.8) is 0 Å². The fraction of sp³-hybridized carbons (Fsp3) is 0.594. The molecule has 0 radical (unpaired) electrons. The minimum absolute atomic E-state index is 0.0331. The number of aliphatic hydroxyl groups excluding tert-OH is 1. The topological polar surface area (TPSA) is 81.2 Å². The highest BCUT2D eigenvalue weighted by Gasteiger charge is 2.71. The van der Waals surface area contributed by atoms with Crippen LogP contribution >= 0.6 is 11.8 Å². The third-order valence-corrected chi connectivity index (χ3v) is 10.8. The molecule has 1 aromatic rings. The lowest BCUT2D eigenvalue weighted by atomic mass is 9.78. The van der Waals surface area contributed by atoms with Crippen LogP contribution in [-0.4, -0.2) is 85.3 Å². The van der Waals surface area contributed by atoms with Gasteiger partial charge in [-0.2, -0.15) is 0 Å². The summed E-state index contributed by atoms with van der Waals surface area (Å²) in [6, 6.07) is 8.73. The number of carbonyl (C=O) groups is 3. The number of nitrogens with zero attached hydrogens (tertiary/aromatic N) is 3. The zero-order valence-electron chi connectivity index (χ0n) is 24.1. The number of aliphatic hydroxyl groups is 1. The Morgan fingerprint density at radius 2 is 1.77 bits per heavy atom. The molecule has 2 unspecified atom stereocenters. The van der Waals surface area contributed by atoms with E-state index in [9.17, 15) is 19.5 Å². The normalized spacial score (nSPS) is 31.2. The Labute approximate surface area is 242 Å². The van der Waals surface area contributed by atoms with Crippen LogP contribution < -0.4 is 0 Å². The van der Waals surface area contributed by atoms with E-state index in [2.05, 4.69) is 39.8 Å². The van der Waals surface area contributed by atoms with Crippen LogP contribution in [0, 0.1) is 17.8 Å². The third-order valence-electron chi connectivity index (χ3n) is 9.01. The number of benzene rings is 1. The molecular formula is C32H43N3O4S. The van der Waals surface area contributed by atoms with Gasteiger partial charge >= 0.3 is 0 Å². The molecule has 4 heterocycles. The van der Waals surface area contributed by atoms with Crippen molar-refractivity contribution in [1.29, 1.82) is 0 Å². The first kappa shape index (κ1) is 28.9. The van der Waals surface area contributed by atoms with Gasteiger partial charge in [-0.1, -0.05) is 81.8 Å². The van der Waals surface area contributed by atoms with Crippen LogP contribution in [-0.2, 0) is 20.9 Å². The predicted octanol–water partition coefficient (Wildman–Crippen LogP) is 3.88. The number of rotatable bonds is 9. The van der Waals surface area contributed by atoms with Crippen molar-refractivity contribution in [2.24, 2.45) is 17.8 Å². The lowest BCUT2D eigenvalue weighted by molar-refractivity contribution is -0.148. The zero-order valence-corrected chi connectivity index (χ0v) is 24.9. The Bertz CT molecular complexity index is 1170. The van der Waals surface area contributed by atoms with Crippen molar-refractivity contribution in [2.45, 2.75) is 81.6 Å². The molecule has 0 aromatic heterocycles. The quantitative estimate of drug-likeness (QED) is 0.460. The van der Waals surface area contributed by atoms with Crippen molar-refractivity contribution in [1.82, 2.24) is 14.7 Å². The molecule has 1 N–H and O–H groups in total. The molecule has 7 atom stereocenters. The van der Waals surface area contributed by atoms with Gasteiger partial charge in [-0.05, 0) is 31.2 Å². The maximum atomic E-state index is 14.6. The van der Waals surface area contributed by atoms with Gasteiger partial charge in [-0.15, -0.1) is 11.8 Å². The molecule has 0 bridgehead atoms. The molecule has 3 amide bonds. The van der Waals surface area contributed by atoms with Gasteiger partial charge in [0.05, 0.1) is 29.2 Å². The van der Waals surface area contributed by atoms with Gasteiger partial charge in [0, 0.05) is 30.9 Å². The molecule has 2 fully saturated rings. The lowest BCUT2D eigenvalue weighted by Crippen LogP contribution is -2.58. The number of fused-ring (bicyclic) bond motifs is 2.